The van der Waals surface area contributed by atoms with Crippen molar-refractivity contribution in [3.63, 3.8) is 0 Å². The van der Waals surface area contributed by atoms with Crippen LogP contribution in [0, 0.1) is 0 Å². The van der Waals surface area contributed by atoms with Crippen molar-refractivity contribution >= 4 is 46.6 Å². The number of amides is 1. The van der Waals surface area contributed by atoms with Crippen LogP contribution in [0.3, 0.4) is 0 Å². The first kappa shape index (κ1) is 18.1. The fourth-order valence-corrected chi connectivity index (χ4v) is 2.87. The normalized spacial score (nSPS) is 10.9. The van der Waals surface area contributed by atoms with E-state index in [1.165, 1.54) is 11.8 Å². The minimum absolute atomic E-state index is 0.134. The van der Waals surface area contributed by atoms with Gasteiger partial charge in [-0.1, -0.05) is 29.8 Å². The van der Waals surface area contributed by atoms with Crippen LogP contribution in [0.15, 0.2) is 24.3 Å². The van der Waals surface area contributed by atoms with Crippen molar-refractivity contribution in [1.29, 1.82) is 0 Å². The van der Waals surface area contributed by atoms with E-state index in [-0.39, 0.29) is 11.4 Å². The first-order chi connectivity index (χ1) is 9.78. The van der Waals surface area contributed by atoms with Crippen LogP contribution in [0.25, 0.3) is 0 Å². The summed E-state index contributed by atoms with van der Waals surface area (Å²) in [7, 11) is 0. The Morgan fingerprint density at radius 1 is 1.29 bits per heavy atom. The van der Waals surface area contributed by atoms with Crippen LogP contribution in [0.1, 0.15) is 26.3 Å². The van der Waals surface area contributed by atoms with E-state index in [9.17, 15) is 4.79 Å². The molecule has 0 saturated carbocycles. The number of hydrazine groups is 1. The zero-order chi connectivity index (χ0) is 15.9. The van der Waals surface area contributed by atoms with Crippen molar-refractivity contribution in [2.75, 3.05) is 5.75 Å². The molecule has 0 bridgehead atoms. The van der Waals surface area contributed by atoms with E-state index < -0.39 is 0 Å². The molecule has 0 aliphatic carbocycles. The fraction of sp³-hybridized carbons (Fsp3) is 0.429. The van der Waals surface area contributed by atoms with Crippen LogP contribution >= 0.6 is 35.6 Å². The largest absolute Gasteiger partial charge is 0.357 e. The van der Waals surface area contributed by atoms with Gasteiger partial charge in [0.1, 0.15) is 0 Å². The number of hydrogen-bond acceptors (Lipinski definition) is 3. The maximum absolute atomic E-state index is 11.7. The summed E-state index contributed by atoms with van der Waals surface area (Å²) in [6, 6.07) is 7.61. The third-order valence-corrected chi connectivity index (χ3v) is 3.81. The summed E-state index contributed by atoms with van der Waals surface area (Å²) in [5.41, 5.74) is 6.12. The maximum atomic E-state index is 11.7. The van der Waals surface area contributed by atoms with E-state index in [2.05, 4.69) is 16.2 Å². The van der Waals surface area contributed by atoms with Crippen LogP contribution in [-0.2, 0) is 10.5 Å². The monoisotopic (exact) mass is 345 g/mol. The summed E-state index contributed by atoms with van der Waals surface area (Å²) >= 11 is 12.6. The third-order valence-electron chi connectivity index (χ3n) is 2.25. The van der Waals surface area contributed by atoms with Crippen molar-refractivity contribution in [3.8, 4) is 0 Å². The average molecular weight is 346 g/mol. The highest BCUT2D eigenvalue weighted by Gasteiger charge is 2.11. The number of halogens is 1. The molecule has 1 rings (SSSR count). The van der Waals surface area contributed by atoms with E-state index in [0.29, 0.717) is 16.6 Å². The van der Waals surface area contributed by atoms with Gasteiger partial charge in [0.15, 0.2) is 5.11 Å². The number of benzene rings is 1. The minimum atomic E-state index is -0.145. The van der Waals surface area contributed by atoms with Gasteiger partial charge >= 0.3 is 0 Å². The van der Waals surface area contributed by atoms with Gasteiger partial charge in [0, 0.05) is 16.3 Å². The zero-order valence-corrected chi connectivity index (χ0v) is 14.7. The molecule has 0 spiro atoms. The Balaban J connectivity index is 2.23. The fourth-order valence-electron chi connectivity index (χ4n) is 1.40. The highest BCUT2D eigenvalue weighted by Crippen LogP contribution is 2.20. The van der Waals surface area contributed by atoms with Crippen LogP contribution < -0.4 is 16.2 Å². The van der Waals surface area contributed by atoms with Crippen molar-refractivity contribution in [1.82, 2.24) is 16.2 Å². The Labute approximate surface area is 140 Å². The van der Waals surface area contributed by atoms with Gasteiger partial charge in [-0.15, -0.1) is 11.8 Å². The molecule has 0 unspecified atom stereocenters. The standard InChI is InChI=1S/C14H20ClN3OS2/c1-14(2,3)16-13(20)18-17-12(19)9-21-8-10-6-4-5-7-11(10)15/h4-7H,8-9H2,1-3H3,(H,17,19)(H2,16,18,20). The van der Waals surface area contributed by atoms with Gasteiger partial charge in [0.25, 0.3) is 0 Å². The predicted molar refractivity (Wildman–Crippen MR) is 94.4 cm³/mol. The first-order valence-corrected chi connectivity index (χ1v) is 8.40. The van der Waals surface area contributed by atoms with Gasteiger partial charge in [-0.05, 0) is 44.6 Å². The molecule has 0 heterocycles. The van der Waals surface area contributed by atoms with Gasteiger partial charge < -0.3 is 5.32 Å². The molecular weight excluding hydrogens is 326 g/mol. The Morgan fingerprint density at radius 3 is 2.57 bits per heavy atom. The zero-order valence-electron chi connectivity index (χ0n) is 12.3. The van der Waals surface area contributed by atoms with E-state index in [1.807, 2.05) is 45.0 Å². The van der Waals surface area contributed by atoms with Gasteiger partial charge in [0.2, 0.25) is 5.91 Å². The molecule has 1 aromatic carbocycles. The second kappa shape index (κ2) is 8.46. The van der Waals surface area contributed by atoms with Crippen LogP contribution in [0.4, 0.5) is 0 Å². The molecule has 7 heteroatoms. The van der Waals surface area contributed by atoms with Crippen molar-refractivity contribution in [2.45, 2.75) is 32.1 Å². The van der Waals surface area contributed by atoms with Crippen LogP contribution in [-0.4, -0.2) is 22.3 Å². The SMILES string of the molecule is CC(C)(C)NC(=S)NNC(=O)CSCc1ccccc1Cl. The average Bonchev–Trinajstić information content (AvgIpc) is 2.37. The van der Waals surface area contributed by atoms with E-state index in [4.69, 9.17) is 23.8 Å². The number of carbonyl (C=O) groups excluding carboxylic acids is 1. The second-order valence-corrected chi connectivity index (χ2v) is 7.26. The number of nitrogens with one attached hydrogen (secondary N) is 3. The molecule has 0 radical (unpaired) electrons. The van der Waals surface area contributed by atoms with E-state index >= 15 is 0 Å². The Bertz CT molecular complexity index is 503. The van der Waals surface area contributed by atoms with Gasteiger partial charge in [0.05, 0.1) is 5.75 Å². The number of rotatable bonds is 4. The predicted octanol–water partition coefficient (Wildman–Crippen LogP) is 2.87. The molecule has 0 aromatic heterocycles. The topological polar surface area (TPSA) is 53.2 Å². The second-order valence-electron chi connectivity index (χ2n) is 5.46. The molecule has 4 nitrogen and oxygen atoms in total. The van der Waals surface area contributed by atoms with Crippen molar-refractivity contribution < 1.29 is 4.79 Å². The minimum Gasteiger partial charge on any atom is -0.357 e. The maximum Gasteiger partial charge on any atom is 0.248 e. The van der Waals surface area contributed by atoms with Crippen LogP contribution in [0.2, 0.25) is 5.02 Å². The summed E-state index contributed by atoms with van der Waals surface area (Å²) < 4.78 is 0. The smallest absolute Gasteiger partial charge is 0.248 e. The molecule has 0 aliphatic rings. The lowest BCUT2D eigenvalue weighted by molar-refractivity contribution is -0.119. The molecule has 3 N–H and O–H groups in total. The highest BCUT2D eigenvalue weighted by molar-refractivity contribution is 7.99. The van der Waals surface area contributed by atoms with Crippen molar-refractivity contribution in [3.05, 3.63) is 34.9 Å². The summed E-state index contributed by atoms with van der Waals surface area (Å²) in [5, 5.41) is 4.16. The molecular formula is C14H20ClN3OS2. The quantitative estimate of drug-likeness (QED) is 0.578. The molecule has 1 aromatic rings. The van der Waals surface area contributed by atoms with Gasteiger partial charge in [-0.3, -0.25) is 15.6 Å². The summed E-state index contributed by atoms with van der Waals surface area (Å²) in [5.74, 6) is 0.888. The van der Waals surface area contributed by atoms with Crippen LogP contribution in [0.5, 0.6) is 0 Å². The molecule has 0 atom stereocenters. The summed E-state index contributed by atoms with van der Waals surface area (Å²) in [6.07, 6.45) is 0. The lowest BCUT2D eigenvalue weighted by atomic mass is 10.1. The third kappa shape index (κ3) is 8.14. The molecule has 21 heavy (non-hydrogen) atoms. The Morgan fingerprint density at radius 2 is 1.95 bits per heavy atom. The Hall–Kier alpha value is -0.980. The van der Waals surface area contributed by atoms with E-state index in [1.54, 1.807) is 0 Å². The molecule has 116 valence electrons. The molecule has 1 amide bonds. The molecule has 0 saturated heterocycles. The Kier molecular flexibility index (Phi) is 7.28. The summed E-state index contributed by atoms with van der Waals surface area (Å²) in [4.78, 5) is 11.7. The highest BCUT2D eigenvalue weighted by atomic mass is 35.5. The number of carbonyl (C=O) groups is 1. The molecule has 0 aliphatic heterocycles. The van der Waals surface area contributed by atoms with Crippen molar-refractivity contribution in [2.24, 2.45) is 0 Å². The van der Waals surface area contributed by atoms with Gasteiger partial charge in [-0.25, -0.2) is 0 Å². The lowest BCUT2D eigenvalue weighted by Crippen LogP contribution is -2.52. The van der Waals surface area contributed by atoms with E-state index in [0.717, 1.165) is 10.6 Å². The van der Waals surface area contributed by atoms with Gasteiger partial charge in [-0.2, -0.15) is 0 Å². The number of hydrogen-bond donors (Lipinski definition) is 3. The lowest BCUT2D eigenvalue weighted by Gasteiger charge is -2.23. The number of thiocarbonyl (C=S) groups is 1. The summed E-state index contributed by atoms with van der Waals surface area (Å²) in [6.45, 7) is 5.97. The molecule has 0 fully saturated rings. The first-order valence-electron chi connectivity index (χ1n) is 6.46. The number of thioether (sulfide) groups is 1.